The number of hydrogen-bond donors (Lipinski definition) is 2. The summed E-state index contributed by atoms with van der Waals surface area (Å²) in [6.45, 7) is 0.185. The maximum atomic E-state index is 14.4. The summed E-state index contributed by atoms with van der Waals surface area (Å²) in [4.78, 5) is 34.4. The number of alkyl halides is 2. The second kappa shape index (κ2) is 10.1. The van der Waals surface area contributed by atoms with Gasteiger partial charge < -0.3 is 15.2 Å². The number of likely N-dealkylation sites (tertiary alicyclic amines) is 1. The molecule has 0 spiro atoms. The Morgan fingerprint density at radius 1 is 1.36 bits per heavy atom. The van der Waals surface area contributed by atoms with Crippen molar-refractivity contribution in [2.45, 2.75) is 31.4 Å². The lowest BCUT2D eigenvalue weighted by atomic mass is 9.95. The van der Waals surface area contributed by atoms with Gasteiger partial charge in [0.2, 0.25) is 0 Å². The Kier molecular flexibility index (Phi) is 7.34. The number of nitrogens with one attached hydrogen (secondary N) is 1. The molecule has 0 radical (unpaired) electrons. The van der Waals surface area contributed by atoms with E-state index in [1.807, 2.05) is 0 Å². The topological polar surface area (TPSA) is 104 Å². The third kappa shape index (κ3) is 5.08. The van der Waals surface area contributed by atoms with Crippen LogP contribution in [0.1, 0.15) is 30.0 Å². The Morgan fingerprint density at radius 3 is 2.75 bits per heavy atom. The number of ether oxygens (including phenoxy) is 1. The molecule has 1 fully saturated rings. The molecule has 1 aromatic heterocycles. The lowest BCUT2D eigenvalue weighted by Crippen LogP contribution is -2.43. The van der Waals surface area contributed by atoms with E-state index in [1.54, 1.807) is 12.3 Å². The summed E-state index contributed by atoms with van der Waals surface area (Å²) in [5.74, 6) is -8.09. The number of aliphatic carboxylic acids is 1. The van der Waals surface area contributed by atoms with Crippen LogP contribution >= 0.6 is 22.9 Å². The normalized spacial score (nSPS) is 21.8. The molecule has 36 heavy (non-hydrogen) atoms. The number of carbonyl (C=O) groups excluding carboxylic acids is 1. The van der Waals surface area contributed by atoms with Gasteiger partial charge in [0, 0.05) is 35.8 Å². The first kappa shape index (κ1) is 26.0. The molecule has 2 aliphatic heterocycles. The van der Waals surface area contributed by atoms with Gasteiger partial charge in [-0.1, -0.05) is 17.7 Å². The number of esters is 1. The Hall–Kier alpha value is -3.03. The number of aliphatic imine (C=N–C) groups is 1. The van der Waals surface area contributed by atoms with Crippen molar-refractivity contribution in [2.75, 3.05) is 19.7 Å². The van der Waals surface area contributed by atoms with E-state index in [1.165, 1.54) is 17.5 Å². The molecule has 2 atom stereocenters. The van der Waals surface area contributed by atoms with Crippen molar-refractivity contribution < 1.29 is 37.0 Å². The van der Waals surface area contributed by atoms with Gasteiger partial charge >= 0.3 is 11.9 Å². The van der Waals surface area contributed by atoms with Crippen LogP contribution in [-0.4, -0.2) is 64.4 Å². The molecule has 0 aliphatic carbocycles. The zero-order valence-electron chi connectivity index (χ0n) is 18.6. The monoisotopic (exact) mass is 546 g/mol. The van der Waals surface area contributed by atoms with Crippen LogP contribution in [-0.2, 0) is 14.3 Å². The van der Waals surface area contributed by atoms with E-state index < -0.39 is 66.1 Å². The smallest absolute Gasteiger partial charge is 0.338 e. The van der Waals surface area contributed by atoms with Crippen molar-refractivity contribution in [3.05, 3.63) is 62.2 Å². The average molecular weight is 547 g/mol. The molecule has 2 aliphatic rings. The van der Waals surface area contributed by atoms with Gasteiger partial charge in [0.05, 0.1) is 23.7 Å². The van der Waals surface area contributed by atoms with Crippen LogP contribution in [0.25, 0.3) is 0 Å². The first-order chi connectivity index (χ1) is 17.0. The lowest BCUT2D eigenvalue weighted by molar-refractivity contribution is -0.142. The number of amidine groups is 1. The highest BCUT2D eigenvalue weighted by atomic mass is 35.5. The zero-order valence-corrected chi connectivity index (χ0v) is 20.2. The van der Waals surface area contributed by atoms with Gasteiger partial charge in [0.15, 0.2) is 22.5 Å². The van der Waals surface area contributed by atoms with Crippen LogP contribution in [0.15, 0.2) is 40.0 Å². The van der Waals surface area contributed by atoms with Crippen LogP contribution in [0, 0.1) is 11.6 Å². The summed E-state index contributed by atoms with van der Waals surface area (Å²) < 4.78 is 61.6. The van der Waals surface area contributed by atoms with Gasteiger partial charge in [0.25, 0.3) is 5.92 Å². The van der Waals surface area contributed by atoms with Crippen molar-refractivity contribution in [3.8, 4) is 0 Å². The highest BCUT2D eigenvalue weighted by Gasteiger charge is 2.49. The Labute approximate surface area is 211 Å². The van der Waals surface area contributed by atoms with Crippen molar-refractivity contribution in [1.82, 2.24) is 15.2 Å². The quantitative estimate of drug-likeness (QED) is 0.309. The zero-order chi connectivity index (χ0) is 26.2. The van der Waals surface area contributed by atoms with Gasteiger partial charge in [-0.15, -0.1) is 11.3 Å². The number of hydrogen-bond acceptors (Lipinski definition) is 8. The fourth-order valence-electron chi connectivity index (χ4n) is 4.09. The molecular formula is C22H19ClF4N4O4S. The number of rotatable bonds is 7. The predicted molar refractivity (Wildman–Crippen MR) is 122 cm³/mol. The molecule has 2 aromatic rings. The summed E-state index contributed by atoms with van der Waals surface area (Å²) in [5, 5.41) is 13.8. The Balaban J connectivity index is 1.87. The van der Waals surface area contributed by atoms with Crippen molar-refractivity contribution in [3.63, 3.8) is 0 Å². The van der Waals surface area contributed by atoms with Gasteiger partial charge in [-0.05, 0) is 13.0 Å². The third-order valence-corrected chi connectivity index (χ3v) is 6.79. The third-order valence-electron chi connectivity index (χ3n) is 5.63. The number of thiazole rings is 1. The fourth-order valence-corrected chi connectivity index (χ4v) is 4.94. The lowest BCUT2D eigenvalue weighted by Gasteiger charge is -2.30. The molecule has 2 unspecified atom stereocenters. The van der Waals surface area contributed by atoms with Crippen LogP contribution in [0.4, 0.5) is 17.6 Å². The fraction of sp³-hybridized carbons (Fsp3) is 0.364. The molecular weight excluding hydrogens is 528 g/mol. The summed E-state index contributed by atoms with van der Waals surface area (Å²) >= 11 is 7.26. The van der Waals surface area contributed by atoms with Crippen LogP contribution in [0.2, 0.25) is 5.02 Å². The van der Waals surface area contributed by atoms with Crippen molar-refractivity contribution >= 4 is 40.7 Å². The largest absolute Gasteiger partial charge is 0.480 e. The maximum absolute atomic E-state index is 14.4. The first-order valence-corrected chi connectivity index (χ1v) is 11.9. The van der Waals surface area contributed by atoms with E-state index in [2.05, 4.69) is 15.3 Å². The molecule has 4 rings (SSSR count). The molecule has 14 heteroatoms. The highest BCUT2D eigenvalue weighted by molar-refractivity contribution is 7.11. The number of carboxylic acids is 1. The number of halogens is 5. The predicted octanol–water partition coefficient (Wildman–Crippen LogP) is 3.78. The van der Waals surface area contributed by atoms with Crippen molar-refractivity contribution in [2.24, 2.45) is 4.99 Å². The molecule has 0 amide bonds. The minimum Gasteiger partial charge on any atom is -0.480 e. The molecule has 192 valence electrons. The van der Waals surface area contributed by atoms with E-state index in [4.69, 9.17) is 16.3 Å². The minimum atomic E-state index is -3.27. The van der Waals surface area contributed by atoms with E-state index in [0.717, 1.165) is 17.0 Å². The molecule has 1 aromatic carbocycles. The van der Waals surface area contributed by atoms with E-state index in [0.29, 0.717) is 5.01 Å². The van der Waals surface area contributed by atoms with Crippen LogP contribution < -0.4 is 5.32 Å². The van der Waals surface area contributed by atoms with E-state index in [9.17, 15) is 32.3 Å². The minimum absolute atomic E-state index is 0.00315. The Morgan fingerprint density at radius 2 is 2.11 bits per heavy atom. The first-order valence-electron chi connectivity index (χ1n) is 10.6. The number of carboxylic acid groups (broad SMARTS) is 1. The SMILES string of the molecule is CCOC(=O)C1=C(CN2CC(F)(F)CC2C(=O)O)NC(c2nccs2)=NC1c1ccc(F)c(F)c1Cl. The number of aromatic nitrogens is 1. The van der Waals surface area contributed by atoms with Gasteiger partial charge in [-0.2, -0.15) is 0 Å². The Bertz CT molecular complexity index is 1250. The standard InChI is InChI=1S/C22H19ClF4N4O4S/c1-2-35-21(34)14-12(8-31-9-22(26,27)7-13(31)20(32)33)29-18(19-28-5-6-36-19)30-17(14)10-3-4-11(24)16(25)15(10)23/h3-6,13,17H,2,7-9H2,1H3,(H,29,30)(H,32,33). The molecule has 2 N–H and O–H groups in total. The number of carbonyl (C=O) groups is 2. The summed E-state index contributed by atoms with van der Waals surface area (Å²) in [6, 6.07) is -0.875. The second-order valence-electron chi connectivity index (χ2n) is 8.04. The molecule has 1 saturated heterocycles. The van der Waals surface area contributed by atoms with Crippen LogP contribution in [0.5, 0.6) is 0 Å². The number of benzene rings is 1. The molecule has 0 saturated carbocycles. The van der Waals surface area contributed by atoms with Crippen LogP contribution in [0.3, 0.4) is 0 Å². The summed E-state index contributed by atoms with van der Waals surface area (Å²) in [7, 11) is 0. The second-order valence-corrected chi connectivity index (χ2v) is 9.31. The summed E-state index contributed by atoms with van der Waals surface area (Å²) in [6.07, 6.45) is 0.575. The average Bonchev–Trinajstić information content (AvgIpc) is 3.45. The summed E-state index contributed by atoms with van der Waals surface area (Å²) in [5.41, 5.74) is -0.277. The highest BCUT2D eigenvalue weighted by Crippen LogP contribution is 2.39. The van der Waals surface area contributed by atoms with Gasteiger partial charge in [-0.25, -0.2) is 27.3 Å². The molecule has 0 bridgehead atoms. The van der Waals surface area contributed by atoms with Crippen molar-refractivity contribution in [1.29, 1.82) is 0 Å². The van der Waals surface area contributed by atoms with Gasteiger partial charge in [-0.3, -0.25) is 14.7 Å². The van der Waals surface area contributed by atoms with Gasteiger partial charge in [0.1, 0.15) is 12.1 Å². The number of nitrogens with zero attached hydrogens (tertiary/aromatic N) is 3. The molecule has 8 nitrogen and oxygen atoms in total. The van der Waals surface area contributed by atoms with E-state index in [-0.39, 0.29) is 29.3 Å². The maximum Gasteiger partial charge on any atom is 0.338 e. The van der Waals surface area contributed by atoms with E-state index >= 15 is 0 Å². The molecule has 3 heterocycles.